The molecule has 0 radical (unpaired) electrons. The number of hydrogen-bond acceptors (Lipinski definition) is 7. The van der Waals surface area contributed by atoms with E-state index in [0.29, 0.717) is 30.2 Å². The Morgan fingerprint density at radius 1 is 1.03 bits per heavy atom. The fraction of sp³-hybridized carbons (Fsp3) is 0.241. The van der Waals surface area contributed by atoms with E-state index in [2.05, 4.69) is 17.1 Å². The fourth-order valence-electron chi connectivity index (χ4n) is 4.57. The summed E-state index contributed by atoms with van der Waals surface area (Å²) in [5.74, 6) is 0.452. The number of H-pyrrole nitrogens is 1. The van der Waals surface area contributed by atoms with Crippen LogP contribution < -0.4 is 11.3 Å². The second-order valence-corrected chi connectivity index (χ2v) is 10.3. The van der Waals surface area contributed by atoms with Crippen molar-refractivity contribution in [2.24, 2.45) is 0 Å². The van der Waals surface area contributed by atoms with Crippen molar-refractivity contribution in [1.82, 2.24) is 19.7 Å². The molecule has 2 N–H and O–H groups in total. The summed E-state index contributed by atoms with van der Waals surface area (Å²) in [4.78, 5) is 33.5. The highest BCUT2D eigenvalue weighted by molar-refractivity contribution is 7.13. The van der Waals surface area contributed by atoms with Gasteiger partial charge >= 0.3 is 5.76 Å². The molecule has 0 saturated heterocycles. The number of nitrogens with one attached hydrogen (secondary N) is 1. The van der Waals surface area contributed by atoms with Gasteiger partial charge in [-0.25, -0.2) is 9.78 Å². The lowest BCUT2D eigenvalue weighted by molar-refractivity contribution is 0.388. The Labute approximate surface area is 223 Å². The maximum Gasteiger partial charge on any atom is 0.439 e. The Bertz CT molecular complexity index is 1680. The number of thiophene rings is 1. The van der Waals surface area contributed by atoms with E-state index in [9.17, 15) is 14.7 Å². The Balaban J connectivity index is 1.48. The third kappa shape index (κ3) is 5.38. The van der Waals surface area contributed by atoms with Crippen LogP contribution in [0.5, 0.6) is 5.06 Å². The Kier molecular flexibility index (Phi) is 7.37. The van der Waals surface area contributed by atoms with Gasteiger partial charge in [0.1, 0.15) is 5.82 Å². The monoisotopic (exact) mass is 528 g/mol. The van der Waals surface area contributed by atoms with Gasteiger partial charge in [-0.05, 0) is 48.6 Å². The normalized spacial score (nSPS) is 11.2. The van der Waals surface area contributed by atoms with Crippen molar-refractivity contribution in [3.05, 3.63) is 109 Å². The van der Waals surface area contributed by atoms with E-state index in [1.165, 1.54) is 11.3 Å². The number of benzene rings is 2. The number of unbranched alkanes of at least 4 members (excludes halogenated alkanes) is 1. The molecule has 5 rings (SSSR count). The van der Waals surface area contributed by atoms with Gasteiger partial charge in [0, 0.05) is 22.4 Å². The zero-order valence-electron chi connectivity index (χ0n) is 21.2. The molecule has 2 aromatic carbocycles. The van der Waals surface area contributed by atoms with Gasteiger partial charge in [0.2, 0.25) is 0 Å². The Hall–Kier alpha value is -4.24. The van der Waals surface area contributed by atoms with Crippen molar-refractivity contribution < 1.29 is 9.63 Å². The SMILES string of the molecule is CCCCc1nc(C)n(Cc2ccc(O)s2)c(=O)c1Cc1ccc(-c2ccccc2-c2noc(=O)[nH]2)cc1. The minimum atomic E-state index is -0.600. The number of aromatic hydroxyl groups is 1. The summed E-state index contributed by atoms with van der Waals surface area (Å²) in [6.45, 7) is 4.37. The largest absolute Gasteiger partial charge is 0.499 e. The summed E-state index contributed by atoms with van der Waals surface area (Å²) >= 11 is 1.27. The average molecular weight is 529 g/mol. The third-order valence-corrected chi connectivity index (χ3v) is 7.41. The van der Waals surface area contributed by atoms with E-state index in [1.54, 1.807) is 10.6 Å². The number of aromatic nitrogens is 4. The summed E-state index contributed by atoms with van der Waals surface area (Å²) in [7, 11) is 0. The van der Waals surface area contributed by atoms with Crippen LogP contribution in [-0.4, -0.2) is 24.8 Å². The highest BCUT2D eigenvalue weighted by Gasteiger charge is 2.17. The fourth-order valence-corrected chi connectivity index (χ4v) is 5.31. The standard InChI is InChI=1S/C29H28N4O4S/c1-3-4-9-25-24(28(35)33(18(2)30-25)17-21-14-15-26(34)38-21)16-19-10-12-20(13-11-19)22-7-5-6-8-23(22)27-31-29(36)37-32-27/h5-8,10-15,34H,3-4,9,16-17H2,1-2H3,(H,31,32,36). The van der Waals surface area contributed by atoms with Gasteiger partial charge in [-0.1, -0.05) is 67.0 Å². The van der Waals surface area contributed by atoms with E-state index in [-0.39, 0.29) is 10.6 Å². The molecule has 0 spiro atoms. The molecule has 0 atom stereocenters. The summed E-state index contributed by atoms with van der Waals surface area (Å²) in [5, 5.41) is 13.8. The van der Waals surface area contributed by atoms with Crippen LogP contribution in [0.1, 0.15) is 47.3 Å². The molecule has 38 heavy (non-hydrogen) atoms. The predicted octanol–water partition coefficient (Wildman–Crippen LogP) is 5.31. The van der Waals surface area contributed by atoms with E-state index >= 15 is 0 Å². The molecule has 0 fully saturated rings. The Morgan fingerprint density at radius 2 is 1.79 bits per heavy atom. The summed E-state index contributed by atoms with van der Waals surface area (Å²) in [5.41, 5.74) is 5.14. The van der Waals surface area contributed by atoms with Crippen LogP contribution in [0.2, 0.25) is 0 Å². The second-order valence-electron chi connectivity index (χ2n) is 9.18. The van der Waals surface area contributed by atoms with Crippen LogP contribution in [0.25, 0.3) is 22.5 Å². The Morgan fingerprint density at radius 3 is 2.45 bits per heavy atom. The first-order valence-corrected chi connectivity index (χ1v) is 13.4. The van der Waals surface area contributed by atoms with E-state index in [1.807, 2.05) is 61.5 Å². The minimum Gasteiger partial charge on any atom is -0.499 e. The summed E-state index contributed by atoms with van der Waals surface area (Å²) in [6.07, 6.45) is 3.20. The molecule has 0 saturated carbocycles. The van der Waals surface area contributed by atoms with Crippen molar-refractivity contribution in [1.29, 1.82) is 0 Å². The van der Waals surface area contributed by atoms with Crippen LogP contribution in [0.15, 0.2) is 74.8 Å². The molecule has 0 aliphatic carbocycles. The smallest absolute Gasteiger partial charge is 0.439 e. The lowest BCUT2D eigenvalue weighted by Gasteiger charge is -2.15. The first-order chi connectivity index (χ1) is 18.4. The average Bonchev–Trinajstić information content (AvgIpc) is 3.55. The molecule has 0 bridgehead atoms. The van der Waals surface area contributed by atoms with Crippen molar-refractivity contribution in [2.45, 2.75) is 46.1 Å². The molecule has 5 aromatic rings. The molecule has 0 unspecified atom stereocenters. The zero-order chi connectivity index (χ0) is 26.6. The van der Waals surface area contributed by atoms with Crippen LogP contribution in [-0.2, 0) is 19.4 Å². The van der Waals surface area contributed by atoms with Gasteiger partial charge in [-0.15, -0.1) is 11.3 Å². The van der Waals surface area contributed by atoms with Gasteiger partial charge in [0.15, 0.2) is 10.9 Å². The maximum atomic E-state index is 13.7. The molecule has 194 valence electrons. The van der Waals surface area contributed by atoms with Crippen molar-refractivity contribution in [3.8, 4) is 27.6 Å². The first kappa shape index (κ1) is 25.4. The minimum absolute atomic E-state index is 0.0408. The summed E-state index contributed by atoms with van der Waals surface area (Å²) in [6, 6.07) is 19.2. The molecule has 0 amide bonds. The molecule has 3 heterocycles. The molecule has 0 aliphatic heterocycles. The molecule has 9 heteroatoms. The van der Waals surface area contributed by atoms with Gasteiger partial charge in [-0.2, -0.15) is 0 Å². The van der Waals surface area contributed by atoms with Crippen LogP contribution >= 0.6 is 11.3 Å². The number of rotatable bonds is 9. The second kappa shape index (κ2) is 11.0. The topological polar surface area (TPSA) is 114 Å². The number of aromatic amines is 1. The van der Waals surface area contributed by atoms with Gasteiger partial charge in [0.25, 0.3) is 5.56 Å². The lowest BCUT2D eigenvalue weighted by atomic mass is 9.96. The molecule has 3 aromatic heterocycles. The quantitative estimate of drug-likeness (QED) is 0.268. The van der Waals surface area contributed by atoms with Crippen molar-refractivity contribution >= 4 is 11.3 Å². The van der Waals surface area contributed by atoms with Crippen molar-refractivity contribution in [2.75, 3.05) is 0 Å². The number of nitrogens with zero attached hydrogens (tertiary/aromatic N) is 3. The number of aryl methyl sites for hydroxylation is 2. The highest BCUT2D eigenvalue weighted by Crippen LogP contribution is 2.30. The van der Waals surface area contributed by atoms with Crippen LogP contribution in [0.3, 0.4) is 0 Å². The molecular formula is C29H28N4O4S. The first-order valence-electron chi connectivity index (χ1n) is 12.5. The van der Waals surface area contributed by atoms with E-state index in [4.69, 9.17) is 9.51 Å². The molecule has 8 nitrogen and oxygen atoms in total. The van der Waals surface area contributed by atoms with E-state index in [0.717, 1.165) is 52.1 Å². The molecular weight excluding hydrogens is 500 g/mol. The third-order valence-electron chi connectivity index (χ3n) is 6.54. The van der Waals surface area contributed by atoms with Gasteiger partial charge in [0.05, 0.1) is 12.2 Å². The lowest BCUT2D eigenvalue weighted by Crippen LogP contribution is -2.29. The van der Waals surface area contributed by atoms with Crippen molar-refractivity contribution in [3.63, 3.8) is 0 Å². The predicted molar refractivity (Wildman–Crippen MR) is 148 cm³/mol. The van der Waals surface area contributed by atoms with Crippen LogP contribution in [0.4, 0.5) is 0 Å². The van der Waals surface area contributed by atoms with Gasteiger partial charge < -0.3 is 5.11 Å². The van der Waals surface area contributed by atoms with E-state index < -0.39 is 5.76 Å². The maximum absolute atomic E-state index is 13.7. The van der Waals surface area contributed by atoms with Gasteiger partial charge in [-0.3, -0.25) is 18.9 Å². The zero-order valence-corrected chi connectivity index (χ0v) is 22.0. The summed E-state index contributed by atoms with van der Waals surface area (Å²) < 4.78 is 6.39. The van der Waals surface area contributed by atoms with Crippen LogP contribution in [0, 0.1) is 6.92 Å². The number of hydrogen-bond donors (Lipinski definition) is 2. The highest BCUT2D eigenvalue weighted by atomic mass is 32.1. The molecule has 0 aliphatic rings.